The molecule has 0 saturated carbocycles. The third-order valence-corrected chi connectivity index (χ3v) is 5.19. The van der Waals surface area contributed by atoms with Crippen LogP contribution < -0.4 is 10.6 Å². The molecule has 8 heteroatoms. The lowest BCUT2D eigenvalue weighted by molar-refractivity contribution is 0.0992. The Bertz CT molecular complexity index is 807. The number of fused-ring (bicyclic) bond motifs is 2. The Balaban J connectivity index is 0.00000210. The molecule has 2 saturated heterocycles. The zero-order valence-electron chi connectivity index (χ0n) is 15.5. The molecule has 6 nitrogen and oxygen atoms in total. The first-order valence-electron chi connectivity index (χ1n) is 9.06. The van der Waals surface area contributed by atoms with Gasteiger partial charge in [0.05, 0.1) is 29.6 Å². The second kappa shape index (κ2) is 8.55. The molecule has 0 spiro atoms. The van der Waals surface area contributed by atoms with E-state index in [2.05, 4.69) is 20.7 Å². The highest BCUT2D eigenvalue weighted by molar-refractivity contribution is 14.0. The minimum absolute atomic E-state index is 0. The minimum Gasteiger partial charge on any atom is -0.373 e. The van der Waals surface area contributed by atoms with Gasteiger partial charge in [-0.15, -0.1) is 24.0 Å². The number of ether oxygens (including phenoxy) is 1. The van der Waals surface area contributed by atoms with Crippen molar-refractivity contribution in [2.75, 3.05) is 7.05 Å². The van der Waals surface area contributed by atoms with Crippen molar-refractivity contribution in [1.82, 2.24) is 20.4 Å². The molecule has 4 rings (SSSR count). The molecule has 2 aromatic rings. The fourth-order valence-corrected chi connectivity index (χ4v) is 3.73. The van der Waals surface area contributed by atoms with Crippen molar-refractivity contribution < 1.29 is 9.13 Å². The molecule has 0 radical (unpaired) electrons. The third-order valence-electron chi connectivity index (χ3n) is 5.19. The van der Waals surface area contributed by atoms with Crippen molar-refractivity contribution in [2.45, 2.75) is 51.0 Å². The van der Waals surface area contributed by atoms with Crippen LogP contribution in [-0.4, -0.2) is 41.0 Å². The van der Waals surface area contributed by atoms with Gasteiger partial charge in [0.2, 0.25) is 0 Å². The predicted octanol–water partition coefficient (Wildman–Crippen LogP) is 2.92. The summed E-state index contributed by atoms with van der Waals surface area (Å²) in [6.45, 7) is 2.59. The normalized spacial score (nSPS) is 24.0. The Kier molecular flexibility index (Phi) is 6.36. The molecular formula is C19H25FIN5O. The fourth-order valence-electron chi connectivity index (χ4n) is 3.73. The number of nitrogens with one attached hydrogen (secondary N) is 2. The highest BCUT2D eigenvalue weighted by Crippen LogP contribution is 2.34. The van der Waals surface area contributed by atoms with Gasteiger partial charge in [-0.25, -0.2) is 9.07 Å². The summed E-state index contributed by atoms with van der Waals surface area (Å²) in [5, 5.41) is 11.4. The van der Waals surface area contributed by atoms with Gasteiger partial charge in [-0.1, -0.05) is 0 Å². The number of aromatic nitrogens is 2. The lowest BCUT2D eigenvalue weighted by atomic mass is 9.96. The number of nitrogens with zero attached hydrogens (tertiary/aromatic N) is 3. The molecule has 2 N–H and O–H groups in total. The molecule has 2 bridgehead atoms. The van der Waals surface area contributed by atoms with Crippen LogP contribution in [0.15, 0.2) is 35.5 Å². The Morgan fingerprint density at radius 1 is 1.33 bits per heavy atom. The molecule has 0 amide bonds. The molecule has 27 heavy (non-hydrogen) atoms. The second-order valence-corrected chi connectivity index (χ2v) is 6.95. The van der Waals surface area contributed by atoms with Gasteiger partial charge in [-0.3, -0.25) is 4.99 Å². The summed E-state index contributed by atoms with van der Waals surface area (Å²) in [6.07, 6.45) is 6.03. The van der Waals surface area contributed by atoms with E-state index >= 15 is 0 Å². The molecule has 3 unspecified atom stereocenters. The van der Waals surface area contributed by atoms with Crippen LogP contribution in [0.3, 0.4) is 0 Å². The number of aryl methyl sites for hydroxylation is 1. The molecule has 3 atom stereocenters. The van der Waals surface area contributed by atoms with E-state index in [1.54, 1.807) is 23.9 Å². The van der Waals surface area contributed by atoms with E-state index in [1.807, 2.05) is 13.1 Å². The topological polar surface area (TPSA) is 63.5 Å². The monoisotopic (exact) mass is 485 g/mol. The number of hydrogen-bond acceptors (Lipinski definition) is 3. The van der Waals surface area contributed by atoms with Gasteiger partial charge >= 0.3 is 0 Å². The van der Waals surface area contributed by atoms with Crippen molar-refractivity contribution in [3.63, 3.8) is 0 Å². The minimum atomic E-state index is -0.251. The van der Waals surface area contributed by atoms with E-state index in [4.69, 9.17) is 4.74 Å². The van der Waals surface area contributed by atoms with Gasteiger partial charge in [0, 0.05) is 25.4 Å². The smallest absolute Gasteiger partial charge is 0.191 e. The highest BCUT2D eigenvalue weighted by atomic mass is 127. The molecular weight excluding hydrogens is 460 g/mol. The fraction of sp³-hybridized carbons (Fsp3) is 0.474. The Morgan fingerprint density at radius 2 is 2.11 bits per heavy atom. The molecule has 2 aliphatic heterocycles. The highest BCUT2D eigenvalue weighted by Gasteiger charge is 2.41. The van der Waals surface area contributed by atoms with E-state index in [9.17, 15) is 4.39 Å². The van der Waals surface area contributed by atoms with E-state index in [1.165, 1.54) is 18.6 Å². The first kappa shape index (κ1) is 20.1. The number of rotatable bonds is 4. The molecule has 2 aliphatic rings. The third kappa shape index (κ3) is 4.43. The number of halogens is 2. The predicted molar refractivity (Wildman–Crippen MR) is 113 cm³/mol. The standard InChI is InChI=1S/C19H24FN5O.HI/c1-12-13(11-25(24-12)15-5-3-14(20)4-6-15)10-22-19(21-2)23-17-9-16-7-8-18(17)26-16;/h3-6,11,16-18H,7-10H2,1-2H3,(H2,21,22,23);1H. The lowest BCUT2D eigenvalue weighted by Crippen LogP contribution is -2.47. The quantitative estimate of drug-likeness (QED) is 0.397. The van der Waals surface area contributed by atoms with Gasteiger partial charge < -0.3 is 15.4 Å². The number of guanidine groups is 1. The molecule has 3 heterocycles. The van der Waals surface area contributed by atoms with Crippen LogP contribution in [0, 0.1) is 12.7 Å². The molecule has 2 fully saturated rings. The van der Waals surface area contributed by atoms with Crippen LogP contribution in [0.4, 0.5) is 4.39 Å². The second-order valence-electron chi connectivity index (χ2n) is 6.95. The van der Waals surface area contributed by atoms with E-state index in [0.29, 0.717) is 24.8 Å². The SMILES string of the molecule is CN=C(NCc1cn(-c2ccc(F)cc2)nc1C)NC1CC2CCC1O2.I. The van der Waals surface area contributed by atoms with Crippen LogP contribution in [0.2, 0.25) is 0 Å². The number of benzene rings is 1. The maximum atomic E-state index is 13.1. The van der Waals surface area contributed by atoms with Crippen molar-refractivity contribution in [3.8, 4) is 5.69 Å². The number of hydrogen-bond donors (Lipinski definition) is 2. The van der Waals surface area contributed by atoms with Crippen LogP contribution in [0.5, 0.6) is 0 Å². The van der Waals surface area contributed by atoms with Crippen LogP contribution in [0.1, 0.15) is 30.5 Å². The molecule has 1 aromatic carbocycles. The molecule has 0 aliphatic carbocycles. The summed E-state index contributed by atoms with van der Waals surface area (Å²) in [7, 11) is 1.78. The Labute approximate surface area is 175 Å². The summed E-state index contributed by atoms with van der Waals surface area (Å²) in [5.74, 6) is 0.527. The van der Waals surface area contributed by atoms with Gasteiger partial charge in [-0.05, 0) is 50.5 Å². The van der Waals surface area contributed by atoms with Gasteiger partial charge in [0.1, 0.15) is 5.82 Å². The van der Waals surface area contributed by atoms with E-state index in [-0.39, 0.29) is 29.8 Å². The van der Waals surface area contributed by atoms with Crippen LogP contribution in [-0.2, 0) is 11.3 Å². The molecule has 1 aromatic heterocycles. The average Bonchev–Trinajstić information content (AvgIpc) is 3.35. The summed E-state index contributed by atoms with van der Waals surface area (Å²) in [5.41, 5.74) is 2.84. The summed E-state index contributed by atoms with van der Waals surface area (Å²) in [6, 6.07) is 6.65. The lowest BCUT2D eigenvalue weighted by Gasteiger charge is -2.22. The summed E-state index contributed by atoms with van der Waals surface area (Å²) >= 11 is 0. The van der Waals surface area contributed by atoms with E-state index < -0.39 is 0 Å². The Hall–Kier alpha value is -1.68. The van der Waals surface area contributed by atoms with Crippen LogP contribution in [0.25, 0.3) is 5.69 Å². The summed E-state index contributed by atoms with van der Waals surface area (Å²) in [4.78, 5) is 4.32. The first-order valence-corrected chi connectivity index (χ1v) is 9.06. The van der Waals surface area contributed by atoms with E-state index in [0.717, 1.165) is 35.7 Å². The van der Waals surface area contributed by atoms with Gasteiger partial charge in [0.25, 0.3) is 0 Å². The zero-order valence-corrected chi connectivity index (χ0v) is 17.8. The van der Waals surface area contributed by atoms with Crippen molar-refractivity contribution >= 4 is 29.9 Å². The largest absolute Gasteiger partial charge is 0.373 e. The summed E-state index contributed by atoms with van der Waals surface area (Å²) < 4.78 is 20.7. The van der Waals surface area contributed by atoms with Crippen molar-refractivity contribution in [1.29, 1.82) is 0 Å². The average molecular weight is 485 g/mol. The zero-order chi connectivity index (χ0) is 18.1. The molecule has 146 valence electrons. The first-order chi connectivity index (χ1) is 12.6. The maximum Gasteiger partial charge on any atom is 0.191 e. The number of aliphatic imine (C=N–C) groups is 1. The van der Waals surface area contributed by atoms with Crippen molar-refractivity contribution in [3.05, 3.63) is 47.5 Å². The maximum absolute atomic E-state index is 13.1. The van der Waals surface area contributed by atoms with Gasteiger partial charge in [-0.2, -0.15) is 5.10 Å². The Morgan fingerprint density at radius 3 is 2.74 bits per heavy atom. The van der Waals surface area contributed by atoms with Crippen LogP contribution >= 0.6 is 24.0 Å². The van der Waals surface area contributed by atoms with Gasteiger partial charge in [0.15, 0.2) is 5.96 Å². The van der Waals surface area contributed by atoms with Crippen molar-refractivity contribution in [2.24, 2.45) is 4.99 Å².